The number of hydrogen-bond donors (Lipinski definition) is 2. The van der Waals surface area contributed by atoms with Crippen LogP contribution in [0.1, 0.15) is 91.7 Å². The normalized spacial score (nSPS) is 12.1. The maximum absolute atomic E-state index is 13.1. The molecule has 2 rings (SSSR count). The van der Waals surface area contributed by atoms with Gasteiger partial charge in [-0.2, -0.15) is 0 Å². The molecule has 11 heteroatoms. The molecule has 0 spiro atoms. The van der Waals surface area contributed by atoms with Crippen LogP contribution in [0.15, 0.2) is 54.6 Å². The van der Waals surface area contributed by atoms with E-state index in [4.69, 9.17) is 18.9 Å². The van der Waals surface area contributed by atoms with Gasteiger partial charge in [-0.05, 0) is 71.2 Å². The van der Waals surface area contributed by atoms with Gasteiger partial charge in [0.1, 0.15) is 29.6 Å². The molecule has 0 aliphatic rings. The fourth-order valence-corrected chi connectivity index (χ4v) is 4.19. The number of nitrogens with one attached hydrogen (secondary N) is 2. The first kappa shape index (κ1) is 38.8. The molecule has 11 nitrogen and oxygen atoms in total. The number of esters is 3. The molecule has 0 fully saturated rings. The van der Waals surface area contributed by atoms with Crippen molar-refractivity contribution in [3.05, 3.63) is 65.7 Å². The van der Waals surface area contributed by atoms with E-state index in [1.54, 1.807) is 65.8 Å². The first-order valence-electron chi connectivity index (χ1n) is 16.0. The van der Waals surface area contributed by atoms with Crippen LogP contribution in [0.3, 0.4) is 0 Å². The van der Waals surface area contributed by atoms with Gasteiger partial charge in [-0.1, -0.05) is 62.2 Å². The van der Waals surface area contributed by atoms with Crippen LogP contribution >= 0.6 is 0 Å². The molecule has 0 radical (unpaired) electrons. The monoisotopic (exact) mass is 654 g/mol. The lowest BCUT2D eigenvalue weighted by atomic mass is 10.0. The van der Waals surface area contributed by atoms with Crippen molar-refractivity contribution >= 4 is 29.7 Å². The molecule has 0 bridgehead atoms. The zero-order valence-corrected chi connectivity index (χ0v) is 28.7. The van der Waals surface area contributed by atoms with Crippen LogP contribution in [0.25, 0.3) is 0 Å². The summed E-state index contributed by atoms with van der Waals surface area (Å²) in [5.41, 5.74) is -0.195. The molecule has 0 unspecified atom stereocenters. The van der Waals surface area contributed by atoms with Crippen LogP contribution in [0.4, 0.5) is 0 Å². The van der Waals surface area contributed by atoms with Gasteiger partial charge in [0.05, 0.1) is 6.42 Å². The summed E-state index contributed by atoms with van der Waals surface area (Å²) in [7, 11) is 0. The smallest absolute Gasteiger partial charge is 0.359 e. The van der Waals surface area contributed by atoms with Crippen LogP contribution in [0, 0.1) is 0 Å². The molecule has 0 aromatic heterocycles. The van der Waals surface area contributed by atoms with Gasteiger partial charge in [-0.25, -0.2) is 9.59 Å². The van der Waals surface area contributed by atoms with Crippen LogP contribution in [-0.4, -0.2) is 59.6 Å². The Kier molecular flexibility index (Phi) is 15.4. The number of unbranched alkanes of at least 4 members (excludes halogenated alkanes) is 2. The molecule has 0 aliphatic carbocycles. The Labute approximate surface area is 278 Å². The molecule has 258 valence electrons. The average Bonchev–Trinajstić information content (AvgIpc) is 2.99. The third-order valence-electron chi connectivity index (χ3n) is 6.39. The van der Waals surface area contributed by atoms with Gasteiger partial charge in [0.25, 0.3) is 6.10 Å². The van der Waals surface area contributed by atoms with E-state index in [1.807, 2.05) is 30.3 Å². The fourth-order valence-electron chi connectivity index (χ4n) is 4.19. The van der Waals surface area contributed by atoms with Gasteiger partial charge in [-0.3, -0.25) is 14.4 Å². The van der Waals surface area contributed by atoms with Gasteiger partial charge in [-0.15, -0.1) is 0 Å². The summed E-state index contributed by atoms with van der Waals surface area (Å²) in [4.78, 5) is 63.8. The van der Waals surface area contributed by atoms with Crippen molar-refractivity contribution in [3.8, 4) is 5.75 Å². The number of benzene rings is 2. The van der Waals surface area contributed by atoms with E-state index in [1.165, 1.54) is 0 Å². The molecular formula is C36H50N2O9. The lowest BCUT2D eigenvalue weighted by molar-refractivity contribution is -0.179. The Hall–Kier alpha value is -4.41. The van der Waals surface area contributed by atoms with E-state index in [9.17, 15) is 24.0 Å². The zero-order chi connectivity index (χ0) is 35.0. The van der Waals surface area contributed by atoms with Gasteiger partial charge in [0, 0.05) is 19.4 Å². The largest absolute Gasteiger partial charge is 0.467 e. The maximum atomic E-state index is 13.1. The predicted octanol–water partition coefficient (Wildman–Crippen LogP) is 4.97. The number of carbonyl (C=O) groups excluding carboxylic acids is 5. The standard InChI is InChI=1S/C36H50N2O9/c1-8-9-13-22-37-32(41)28(38-29(39)20-21-30(40)44-24-26-14-11-10-12-15-26)23-25-16-18-27(19-17-25)45-31(33(42)46-35(2,3)4)34(43)47-36(5,6)7/h10-12,14-19,28,31H,8-9,13,20-24H2,1-7H3,(H,37,41)(H,38,39)/t28-/m1/s1. The van der Waals surface area contributed by atoms with E-state index in [2.05, 4.69) is 17.6 Å². The average molecular weight is 655 g/mol. The van der Waals surface area contributed by atoms with Crippen LogP contribution in [0.2, 0.25) is 0 Å². The van der Waals surface area contributed by atoms with Crippen molar-refractivity contribution in [1.29, 1.82) is 0 Å². The number of amides is 2. The van der Waals surface area contributed by atoms with Crippen molar-refractivity contribution in [2.45, 2.75) is 117 Å². The van der Waals surface area contributed by atoms with Crippen LogP contribution in [-0.2, 0) is 51.2 Å². The Morgan fingerprint density at radius 2 is 1.34 bits per heavy atom. The fraction of sp³-hybridized carbons (Fsp3) is 0.528. The summed E-state index contributed by atoms with van der Waals surface area (Å²) in [6.07, 6.45) is 0.970. The quantitative estimate of drug-likeness (QED) is 0.104. The van der Waals surface area contributed by atoms with Crippen molar-refractivity contribution in [2.75, 3.05) is 6.54 Å². The second-order valence-corrected chi connectivity index (χ2v) is 13.2. The highest BCUT2D eigenvalue weighted by Gasteiger charge is 2.37. The summed E-state index contributed by atoms with van der Waals surface area (Å²) in [6.45, 7) is 12.7. The molecule has 0 saturated heterocycles. The van der Waals surface area contributed by atoms with Crippen LogP contribution < -0.4 is 15.4 Å². The SMILES string of the molecule is CCCCCNC(=O)[C@@H](Cc1ccc(OC(C(=O)OC(C)(C)C)C(=O)OC(C)(C)C)cc1)NC(=O)CCC(=O)OCc1ccccc1. The Balaban J connectivity index is 2.09. The van der Waals surface area contributed by atoms with Crippen molar-refractivity contribution in [1.82, 2.24) is 10.6 Å². The predicted molar refractivity (Wildman–Crippen MR) is 176 cm³/mol. The minimum atomic E-state index is -1.65. The lowest BCUT2D eigenvalue weighted by Gasteiger charge is -2.26. The van der Waals surface area contributed by atoms with E-state index >= 15 is 0 Å². The highest BCUT2D eigenvalue weighted by atomic mass is 16.6. The molecular weight excluding hydrogens is 604 g/mol. The summed E-state index contributed by atoms with van der Waals surface area (Å²) in [5, 5.41) is 5.62. The van der Waals surface area contributed by atoms with Gasteiger partial charge >= 0.3 is 17.9 Å². The molecule has 1 atom stereocenters. The molecule has 0 aliphatic heterocycles. The second kappa shape index (κ2) is 18.7. The minimum Gasteiger partial charge on any atom is -0.467 e. The first-order valence-corrected chi connectivity index (χ1v) is 16.0. The third-order valence-corrected chi connectivity index (χ3v) is 6.39. The van der Waals surface area contributed by atoms with E-state index in [-0.39, 0.29) is 37.5 Å². The summed E-state index contributed by atoms with van der Waals surface area (Å²) in [5.74, 6) is -2.90. The lowest BCUT2D eigenvalue weighted by Crippen LogP contribution is -2.48. The number of hydrogen-bond acceptors (Lipinski definition) is 9. The van der Waals surface area contributed by atoms with Gasteiger partial charge in [0.15, 0.2) is 0 Å². The number of carbonyl (C=O) groups is 5. The van der Waals surface area contributed by atoms with Crippen molar-refractivity contribution in [3.63, 3.8) is 0 Å². The minimum absolute atomic E-state index is 0.111. The van der Waals surface area contributed by atoms with Crippen LogP contribution in [0.5, 0.6) is 5.75 Å². The van der Waals surface area contributed by atoms with E-state index in [0.717, 1.165) is 24.8 Å². The van der Waals surface area contributed by atoms with Gasteiger partial charge < -0.3 is 29.6 Å². The molecule has 47 heavy (non-hydrogen) atoms. The van der Waals surface area contributed by atoms with Crippen molar-refractivity contribution in [2.24, 2.45) is 0 Å². The first-order chi connectivity index (χ1) is 22.1. The molecule has 0 saturated carbocycles. The van der Waals surface area contributed by atoms with Gasteiger partial charge in [0.2, 0.25) is 11.8 Å². The Morgan fingerprint density at radius 3 is 1.89 bits per heavy atom. The molecule has 0 heterocycles. The second-order valence-electron chi connectivity index (χ2n) is 13.2. The Morgan fingerprint density at radius 1 is 0.745 bits per heavy atom. The number of rotatable bonds is 17. The number of ether oxygens (including phenoxy) is 4. The summed E-state index contributed by atoms with van der Waals surface area (Å²) >= 11 is 0. The molecule has 2 N–H and O–H groups in total. The topological polar surface area (TPSA) is 146 Å². The highest BCUT2D eigenvalue weighted by molar-refractivity contribution is 5.98. The van der Waals surface area contributed by atoms with E-state index in [0.29, 0.717) is 12.1 Å². The third kappa shape index (κ3) is 16.1. The zero-order valence-electron chi connectivity index (χ0n) is 28.7. The maximum Gasteiger partial charge on any atom is 0.359 e. The molecule has 2 aromatic carbocycles. The van der Waals surface area contributed by atoms with Crippen molar-refractivity contribution < 1.29 is 42.9 Å². The summed E-state index contributed by atoms with van der Waals surface area (Å²) in [6, 6.07) is 14.8. The summed E-state index contributed by atoms with van der Waals surface area (Å²) < 4.78 is 21.8. The Bertz CT molecular complexity index is 1280. The highest BCUT2D eigenvalue weighted by Crippen LogP contribution is 2.20. The van der Waals surface area contributed by atoms with E-state index < -0.39 is 47.2 Å². The molecule has 2 aromatic rings. The molecule has 2 amide bonds.